The molecule has 0 aromatic heterocycles. The number of rotatable bonds is 7. The molecule has 0 amide bonds. The van der Waals surface area contributed by atoms with Gasteiger partial charge in [-0.3, -0.25) is 9.62 Å². The van der Waals surface area contributed by atoms with Crippen LogP contribution >= 0.6 is 0 Å². The molecule has 2 aromatic rings. The van der Waals surface area contributed by atoms with Gasteiger partial charge in [-0.25, -0.2) is 17.6 Å². The van der Waals surface area contributed by atoms with Crippen molar-refractivity contribution in [3.63, 3.8) is 0 Å². The molecule has 7 nitrogen and oxygen atoms in total. The highest BCUT2D eigenvalue weighted by atomic mass is 32.2. The lowest BCUT2D eigenvalue weighted by atomic mass is 9.86. The number of anilines is 1. The molecule has 2 saturated heterocycles. The molecular weight excluding hydrogens is 483 g/mol. The molecule has 1 saturated carbocycles. The zero-order chi connectivity index (χ0) is 25.2. The molecule has 36 heavy (non-hydrogen) atoms. The number of hydrogen-bond acceptors (Lipinski definition) is 5. The van der Waals surface area contributed by atoms with Crippen molar-refractivity contribution in [1.29, 1.82) is 0 Å². The summed E-state index contributed by atoms with van der Waals surface area (Å²) in [6.07, 6.45) is 5.69. The van der Waals surface area contributed by atoms with Gasteiger partial charge in [-0.15, -0.1) is 0 Å². The maximum Gasteiger partial charge on any atom is 0.341 e. The van der Waals surface area contributed by atoms with E-state index in [0.717, 1.165) is 50.3 Å². The fraction of sp³-hybridized carbons (Fsp3) is 0.519. The number of nitrogens with zero attached hydrogens (tertiary/aromatic N) is 1. The predicted octanol–water partition coefficient (Wildman–Crippen LogP) is 4.63. The van der Waals surface area contributed by atoms with Crippen LogP contribution in [0.1, 0.15) is 66.4 Å². The van der Waals surface area contributed by atoms with E-state index in [0.29, 0.717) is 36.6 Å². The van der Waals surface area contributed by atoms with E-state index in [-0.39, 0.29) is 33.7 Å². The lowest BCUT2D eigenvalue weighted by molar-refractivity contribution is 0.0692. The fourth-order valence-electron chi connectivity index (χ4n) is 6.90. The average molecular weight is 515 g/mol. The molecule has 1 aliphatic carbocycles. The second-order valence-corrected chi connectivity index (χ2v) is 12.4. The first-order valence-electron chi connectivity index (χ1n) is 12.8. The Bertz CT molecular complexity index is 1320. The van der Waals surface area contributed by atoms with Gasteiger partial charge in [0.25, 0.3) is 10.0 Å². The van der Waals surface area contributed by atoms with Gasteiger partial charge in [-0.05, 0) is 92.3 Å². The number of carbonyl (C=O) groups is 1. The van der Waals surface area contributed by atoms with Crippen LogP contribution in [0.15, 0.2) is 35.2 Å². The van der Waals surface area contributed by atoms with E-state index in [1.165, 1.54) is 18.2 Å². The minimum atomic E-state index is -4.17. The average Bonchev–Trinajstić information content (AvgIpc) is 3.57. The molecule has 2 bridgehead atoms. The number of halogens is 1. The second-order valence-electron chi connectivity index (χ2n) is 10.7. The van der Waals surface area contributed by atoms with E-state index in [1.807, 2.05) is 0 Å². The Morgan fingerprint density at radius 3 is 2.61 bits per heavy atom. The SMILES string of the molecule is CCN1C2CCC1CC(Cc1cc(F)ccc1S(=O)(=O)Nc1ccc3c(c1C(=O)O)OC[C@@H]1C[C@H]31)C2. The molecule has 0 spiro atoms. The van der Waals surface area contributed by atoms with Crippen LogP contribution in [0, 0.1) is 17.7 Å². The Morgan fingerprint density at radius 1 is 1.17 bits per heavy atom. The summed E-state index contributed by atoms with van der Waals surface area (Å²) in [5.41, 5.74) is 1.05. The van der Waals surface area contributed by atoms with Crippen molar-refractivity contribution in [3.8, 4) is 5.75 Å². The zero-order valence-corrected chi connectivity index (χ0v) is 21.1. The Balaban J connectivity index is 1.30. The highest BCUT2D eigenvalue weighted by Crippen LogP contribution is 2.55. The number of aromatic carboxylic acids is 1. The standard InChI is InChI=1S/C27H31FN2O5S/c1-2-30-19-4-5-20(30)11-15(10-19)9-16-12-18(28)3-8-24(16)36(33,34)29-23-7-6-21-22-13-17(22)14-35-26(21)25(23)27(31)32/h3,6-8,12,15,17,19-20,22,29H,2,4-5,9-11,13-14H2,1H3,(H,31,32)/t15?,17-,19?,20?,22-/m0/s1. The smallest absolute Gasteiger partial charge is 0.341 e. The van der Waals surface area contributed by atoms with Crippen LogP contribution in [0.3, 0.4) is 0 Å². The fourth-order valence-corrected chi connectivity index (χ4v) is 8.20. The molecule has 2 N–H and O–H groups in total. The van der Waals surface area contributed by atoms with Crippen LogP contribution in [0.25, 0.3) is 0 Å². The Hall–Kier alpha value is -2.65. The Morgan fingerprint density at radius 2 is 1.92 bits per heavy atom. The summed E-state index contributed by atoms with van der Waals surface area (Å²) in [4.78, 5) is 14.7. The van der Waals surface area contributed by atoms with Crippen molar-refractivity contribution >= 4 is 21.7 Å². The van der Waals surface area contributed by atoms with Crippen LogP contribution in [-0.2, 0) is 16.4 Å². The van der Waals surface area contributed by atoms with Crippen LogP contribution in [-0.4, -0.2) is 49.6 Å². The first-order valence-corrected chi connectivity index (χ1v) is 14.3. The first kappa shape index (κ1) is 23.7. The summed E-state index contributed by atoms with van der Waals surface area (Å²) < 4.78 is 49.6. The number of sulfonamides is 1. The van der Waals surface area contributed by atoms with E-state index < -0.39 is 21.8 Å². The number of fused-ring (bicyclic) bond motifs is 5. The van der Waals surface area contributed by atoms with Gasteiger partial charge in [0.05, 0.1) is 17.2 Å². The summed E-state index contributed by atoms with van der Waals surface area (Å²) >= 11 is 0. The quantitative estimate of drug-likeness (QED) is 0.560. The van der Waals surface area contributed by atoms with Crippen molar-refractivity contribution in [1.82, 2.24) is 4.90 Å². The highest BCUT2D eigenvalue weighted by Gasteiger charge is 2.45. The monoisotopic (exact) mass is 514 g/mol. The maximum atomic E-state index is 14.3. The molecule has 3 heterocycles. The van der Waals surface area contributed by atoms with Crippen molar-refractivity contribution in [2.24, 2.45) is 11.8 Å². The minimum absolute atomic E-state index is 0.00796. The second kappa shape index (κ2) is 8.73. The lowest BCUT2D eigenvalue weighted by Crippen LogP contribution is -2.43. The normalized spacial score (nSPS) is 28.7. The molecule has 4 aliphatic rings. The van der Waals surface area contributed by atoms with E-state index >= 15 is 0 Å². The highest BCUT2D eigenvalue weighted by molar-refractivity contribution is 7.92. The number of hydrogen-bond donors (Lipinski definition) is 2. The van der Waals surface area contributed by atoms with Gasteiger partial charge in [0, 0.05) is 18.0 Å². The van der Waals surface area contributed by atoms with Gasteiger partial charge in [0.15, 0.2) is 0 Å². The van der Waals surface area contributed by atoms with E-state index in [2.05, 4.69) is 16.5 Å². The number of carboxylic acid groups (broad SMARTS) is 1. The Labute approximate surface area is 210 Å². The van der Waals surface area contributed by atoms with E-state index in [1.54, 1.807) is 6.07 Å². The summed E-state index contributed by atoms with van der Waals surface area (Å²) in [5.74, 6) is -0.525. The van der Waals surface area contributed by atoms with Crippen molar-refractivity contribution in [3.05, 3.63) is 52.8 Å². The number of nitrogens with one attached hydrogen (secondary N) is 1. The van der Waals surface area contributed by atoms with Crippen LogP contribution in [0.2, 0.25) is 0 Å². The van der Waals surface area contributed by atoms with E-state index in [4.69, 9.17) is 4.74 Å². The molecule has 2 aromatic carbocycles. The maximum absolute atomic E-state index is 14.3. The summed E-state index contributed by atoms with van der Waals surface area (Å²) in [6, 6.07) is 8.01. The van der Waals surface area contributed by atoms with Gasteiger partial charge in [-0.2, -0.15) is 0 Å². The van der Waals surface area contributed by atoms with E-state index in [9.17, 15) is 22.7 Å². The summed E-state index contributed by atoms with van der Waals surface area (Å²) in [5, 5.41) is 9.93. The van der Waals surface area contributed by atoms with Crippen LogP contribution < -0.4 is 9.46 Å². The predicted molar refractivity (Wildman–Crippen MR) is 133 cm³/mol. The molecule has 2 unspecified atom stereocenters. The number of piperidine rings is 1. The summed E-state index contributed by atoms with van der Waals surface area (Å²) in [7, 11) is -4.17. The largest absolute Gasteiger partial charge is 0.492 e. The third-order valence-corrected chi connectivity index (χ3v) is 10.0. The van der Waals surface area contributed by atoms with Crippen molar-refractivity contribution in [2.45, 2.75) is 68.3 Å². The van der Waals surface area contributed by atoms with Gasteiger partial charge in [-0.1, -0.05) is 13.0 Å². The molecule has 9 heteroatoms. The number of ether oxygens (including phenoxy) is 1. The van der Waals surface area contributed by atoms with Crippen molar-refractivity contribution in [2.75, 3.05) is 17.9 Å². The molecule has 6 rings (SSSR count). The van der Waals surface area contributed by atoms with Gasteiger partial charge < -0.3 is 9.84 Å². The first-order chi connectivity index (χ1) is 17.2. The molecule has 3 aliphatic heterocycles. The number of carboxylic acids is 1. The van der Waals surface area contributed by atoms with Crippen molar-refractivity contribution < 1.29 is 27.4 Å². The Kier molecular flexibility index (Phi) is 5.75. The third-order valence-electron chi connectivity index (χ3n) is 8.58. The van der Waals surface area contributed by atoms with Crippen LogP contribution in [0.5, 0.6) is 5.75 Å². The minimum Gasteiger partial charge on any atom is -0.492 e. The van der Waals surface area contributed by atoms with Gasteiger partial charge in [0.2, 0.25) is 0 Å². The van der Waals surface area contributed by atoms with Gasteiger partial charge in [0.1, 0.15) is 17.1 Å². The van der Waals surface area contributed by atoms with Crippen LogP contribution in [0.4, 0.5) is 10.1 Å². The number of benzene rings is 2. The molecule has 4 atom stereocenters. The topological polar surface area (TPSA) is 95.9 Å². The zero-order valence-electron chi connectivity index (χ0n) is 20.2. The lowest BCUT2D eigenvalue weighted by Gasteiger charge is -2.38. The molecule has 0 radical (unpaired) electrons. The molecular formula is C27H31FN2O5S. The third kappa shape index (κ3) is 4.06. The summed E-state index contributed by atoms with van der Waals surface area (Å²) in [6.45, 7) is 3.63. The van der Waals surface area contributed by atoms with Gasteiger partial charge >= 0.3 is 5.97 Å². The molecule has 192 valence electrons. The molecule has 3 fully saturated rings.